The van der Waals surface area contributed by atoms with Crippen LogP contribution in [0.1, 0.15) is 90.2 Å². The highest BCUT2D eigenvalue weighted by molar-refractivity contribution is 9.09. The molecule has 29 heteroatoms. The standard InChI is InChI=1S/C62H85BrClN9O18/c1-36-16-15-19-48(85-10)62(83)33-47(89-58(80)69-62)37(2)55-61(4,91-55)49(32-53(77)73(8)44-30-40(28-36)31-46(84-9)54(44)64)90-56(78)38(3)72(7)52(76)23-27-86-59(81)70(5)25-26-71(6)60(82)87-35-39-20-21-45(43(29-39)67-50(74)22-24-66-51(75)34-63)88-57(79)68-42-18-14-12-11-13-17-41(42)65/h13,15-17,19-21,29-31,37-38,41-42,47-49,55,83H,11-12,14,18,22-28,32-35,65H2,1-10H3,(H,66,75)(H,67,74)(H,68,79)(H,69,80)/b17-13+,19-15+,36-16+/t37-,38+,41+,42?,47+,48-,49+,55+,61+,62+/m1/s1. The van der Waals surface area contributed by atoms with Gasteiger partial charge in [0.2, 0.25) is 23.6 Å². The highest BCUT2D eigenvalue weighted by atomic mass is 79.9. The Balaban J connectivity index is 1.04. The third-order valence-corrected chi connectivity index (χ3v) is 17.3. The highest BCUT2D eigenvalue weighted by Gasteiger charge is 2.64. The van der Waals surface area contributed by atoms with Crippen LogP contribution < -0.4 is 41.4 Å². The zero-order valence-electron chi connectivity index (χ0n) is 53.0. The summed E-state index contributed by atoms with van der Waals surface area (Å²) in [7, 11) is 8.61. The number of benzene rings is 2. The molecule has 2 saturated heterocycles. The summed E-state index contributed by atoms with van der Waals surface area (Å²) in [5, 5.41) is 22.7. The second kappa shape index (κ2) is 33.2. The van der Waals surface area contributed by atoms with Crippen molar-refractivity contribution in [2.75, 3.05) is 84.2 Å². The van der Waals surface area contributed by atoms with Crippen molar-refractivity contribution in [3.8, 4) is 11.5 Å². The number of anilines is 2. The molecule has 4 bridgehead atoms. The quantitative estimate of drug-likeness (QED) is 0.0291. The van der Waals surface area contributed by atoms with Crippen LogP contribution in [-0.4, -0.2) is 202 Å². The van der Waals surface area contributed by atoms with E-state index >= 15 is 0 Å². The lowest BCUT2D eigenvalue weighted by Gasteiger charge is -2.42. The van der Waals surface area contributed by atoms with Crippen LogP contribution in [0.4, 0.5) is 30.6 Å². The first-order valence-electron chi connectivity index (χ1n) is 29.9. The van der Waals surface area contributed by atoms with Crippen LogP contribution in [0, 0.1) is 5.92 Å². The minimum Gasteiger partial charge on any atom is -0.495 e. The van der Waals surface area contributed by atoms with Gasteiger partial charge in [-0.25, -0.2) is 24.0 Å². The second-order valence-corrected chi connectivity index (χ2v) is 24.1. The maximum absolute atomic E-state index is 14.4. The molecule has 2 fully saturated rings. The van der Waals surface area contributed by atoms with Gasteiger partial charge >= 0.3 is 30.3 Å². The Labute approximate surface area is 543 Å². The number of alkyl halides is 1. The van der Waals surface area contributed by atoms with Crippen LogP contribution in [-0.2, 0) is 65.4 Å². The first kappa shape index (κ1) is 72.6. The van der Waals surface area contributed by atoms with Gasteiger partial charge in [-0.3, -0.25) is 24.5 Å². The van der Waals surface area contributed by atoms with Crippen LogP contribution in [0.3, 0.4) is 0 Å². The van der Waals surface area contributed by atoms with E-state index in [-0.39, 0.29) is 85.8 Å². The fourth-order valence-corrected chi connectivity index (χ4v) is 11.1. The van der Waals surface area contributed by atoms with Gasteiger partial charge in [0.15, 0.2) is 11.5 Å². The predicted molar refractivity (Wildman–Crippen MR) is 337 cm³/mol. The molecule has 27 nitrogen and oxygen atoms in total. The maximum atomic E-state index is 14.4. The Morgan fingerprint density at radius 3 is 2.38 bits per heavy atom. The van der Waals surface area contributed by atoms with E-state index in [1.54, 1.807) is 44.2 Å². The molecule has 3 aliphatic heterocycles. The lowest BCUT2D eigenvalue weighted by atomic mass is 9.83. The van der Waals surface area contributed by atoms with Crippen molar-refractivity contribution in [3.63, 3.8) is 0 Å². The number of aliphatic hydroxyl groups is 1. The van der Waals surface area contributed by atoms with E-state index in [1.165, 1.54) is 76.2 Å². The molecule has 3 heterocycles. The zero-order valence-corrected chi connectivity index (χ0v) is 55.4. The summed E-state index contributed by atoms with van der Waals surface area (Å²) in [6, 6.07) is 5.89. The van der Waals surface area contributed by atoms with Crippen molar-refractivity contribution < 1.29 is 86.2 Å². The number of nitrogens with one attached hydrogen (secondary N) is 4. The summed E-state index contributed by atoms with van der Waals surface area (Å²) < 4.78 is 46.0. The predicted octanol–water partition coefficient (Wildman–Crippen LogP) is 6.00. The molecule has 10 atom stereocenters. The number of amides is 8. The Bertz CT molecular complexity index is 3080. The second-order valence-electron chi connectivity index (χ2n) is 23.2. The minimum atomic E-state index is -1.91. The Kier molecular flexibility index (Phi) is 26.5. The SMILES string of the molecule is COc1cc2cc(c1Cl)N(C)C(=O)C[C@H](OC(=O)[C@H](C)N(C)C(=O)CCOC(=O)N(C)CCN(C)C(=O)OCc1ccc(OC(=O)NC3CCCC/C=C/[C@@H]3N)c(NC(=O)CCNC(=O)CBr)c1)[C@]1(C)O[C@H]1[C@H](C)[C@@H]1C[C@@](O)(NC(=O)O1)[C@H](OC)/C=C/C=C(\C)C2. The first-order valence-corrected chi connectivity index (χ1v) is 31.4. The molecule has 8 amide bonds. The molecule has 1 unspecified atom stereocenters. The molecular formula is C62H85BrClN9O18. The smallest absolute Gasteiger partial charge is 0.412 e. The Morgan fingerprint density at radius 1 is 0.978 bits per heavy atom. The van der Waals surface area contributed by atoms with Crippen molar-refractivity contribution in [1.82, 2.24) is 30.7 Å². The summed E-state index contributed by atoms with van der Waals surface area (Å²) in [5.74, 6) is -3.16. The van der Waals surface area contributed by atoms with E-state index in [2.05, 4.69) is 37.2 Å². The van der Waals surface area contributed by atoms with E-state index in [0.29, 0.717) is 29.8 Å². The number of esters is 1. The number of epoxide rings is 1. The molecule has 2 aromatic carbocycles. The van der Waals surface area contributed by atoms with Crippen LogP contribution in [0.5, 0.6) is 11.5 Å². The number of methoxy groups -OCH3 is 2. The molecule has 1 aliphatic carbocycles. The van der Waals surface area contributed by atoms with Crippen molar-refractivity contribution in [2.24, 2.45) is 11.7 Å². The largest absolute Gasteiger partial charge is 0.495 e. The van der Waals surface area contributed by atoms with Gasteiger partial charge in [-0.1, -0.05) is 82.9 Å². The van der Waals surface area contributed by atoms with Gasteiger partial charge in [0.1, 0.15) is 53.9 Å². The van der Waals surface area contributed by atoms with Crippen molar-refractivity contribution in [1.29, 1.82) is 0 Å². The number of carbonyl (C=O) groups is 9. The summed E-state index contributed by atoms with van der Waals surface area (Å²) in [5.41, 5.74) is 5.46. The zero-order chi connectivity index (χ0) is 66.9. The minimum absolute atomic E-state index is 0.000374. The number of likely N-dealkylation sites (N-methyl/N-ethyl adjacent to an activating group) is 3. The van der Waals surface area contributed by atoms with Crippen LogP contribution in [0.25, 0.3) is 0 Å². The number of alkyl carbamates (subject to hydrolysis) is 1. The number of fused-ring (bicyclic) bond motifs is 5. The molecule has 4 aliphatic rings. The molecule has 7 N–H and O–H groups in total. The molecule has 6 rings (SSSR count). The van der Waals surface area contributed by atoms with Crippen molar-refractivity contribution in [3.05, 3.63) is 82.4 Å². The topological polar surface area (TPSA) is 338 Å². The molecule has 91 heavy (non-hydrogen) atoms. The number of carbonyl (C=O) groups excluding carboxylic acids is 9. The number of halogens is 2. The molecule has 0 aromatic heterocycles. The summed E-state index contributed by atoms with van der Waals surface area (Å²) in [6.45, 7) is 6.06. The number of hydrogen-bond acceptors (Lipinski definition) is 19. The number of hydrogen-bond donors (Lipinski definition) is 6. The Morgan fingerprint density at radius 2 is 1.69 bits per heavy atom. The molecule has 0 radical (unpaired) electrons. The molecule has 2 aromatic rings. The van der Waals surface area contributed by atoms with Gasteiger partial charge in [-0.05, 0) is 81.8 Å². The average Bonchev–Trinajstić information content (AvgIpc) is 1.58. The highest BCUT2D eigenvalue weighted by Crippen LogP contribution is 2.49. The number of ether oxygens (including phenoxy) is 8. The summed E-state index contributed by atoms with van der Waals surface area (Å²) in [4.78, 5) is 124. The van der Waals surface area contributed by atoms with Gasteiger partial charge in [0.05, 0.1) is 48.8 Å². The molecule has 0 saturated carbocycles. The molecule has 500 valence electrons. The van der Waals surface area contributed by atoms with E-state index in [0.717, 1.165) is 35.3 Å². The van der Waals surface area contributed by atoms with Gasteiger partial charge in [0, 0.05) is 79.7 Å². The Hall–Kier alpha value is -7.50. The van der Waals surface area contributed by atoms with Crippen LogP contribution >= 0.6 is 27.5 Å². The monoisotopic (exact) mass is 1360 g/mol. The number of nitrogens with zero attached hydrogens (tertiary/aromatic N) is 4. The average molecular weight is 1360 g/mol. The van der Waals surface area contributed by atoms with E-state index in [1.807, 2.05) is 25.2 Å². The number of rotatable bonds is 20. The summed E-state index contributed by atoms with van der Waals surface area (Å²) in [6.07, 6.45) is 4.37. The van der Waals surface area contributed by atoms with Gasteiger partial charge in [0.25, 0.3) is 0 Å². The lowest BCUT2D eigenvalue weighted by Crippen LogP contribution is -2.63. The molecular weight excluding hydrogens is 1270 g/mol. The maximum Gasteiger partial charge on any atom is 0.412 e. The van der Waals surface area contributed by atoms with Gasteiger partial charge in [-0.2, -0.15) is 0 Å². The fourth-order valence-electron chi connectivity index (χ4n) is 10.6. The van der Waals surface area contributed by atoms with Crippen molar-refractivity contribution in [2.45, 2.75) is 146 Å². The number of nitrogens with two attached hydrogens (primary N) is 1. The third kappa shape index (κ3) is 20.0. The van der Waals surface area contributed by atoms with E-state index < -0.39 is 108 Å². The third-order valence-electron chi connectivity index (χ3n) is 16.4. The van der Waals surface area contributed by atoms with E-state index in [4.69, 9.17) is 55.2 Å². The van der Waals surface area contributed by atoms with Gasteiger partial charge in [-0.15, -0.1) is 0 Å². The molecule has 0 spiro atoms. The summed E-state index contributed by atoms with van der Waals surface area (Å²) >= 11 is 9.88. The fraction of sp³-hybridized carbons (Fsp3) is 0.565. The number of allylic oxidation sites excluding steroid dienone is 4. The lowest BCUT2D eigenvalue weighted by molar-refractivity contribution is -0.162. The van der Waals surface area contributed by atoms with Crippen LogP contribution in [0.15, 0.2) is 66.3 Å². The van der Waals surface area contributed by atoms with Crippen LogP contribution in [0.2, 0.25) is 5.02 Å². The first-order chi connectivity index (χ1) is 43.1. The van der Waals surface area contributed by atoms with Crippen molar-refractivity contribution >= 4 is 92.9 Å². The van der Waals surface area contributed by atoms with E-state index in [9.17, 15) is 48.3 Å². The normalized spacial score (nSPS) is 25.7. The van der Waals surface area contributed by atoms with Gasteiger partial charge < -0.3 is 84.3 Å².